The van der Waals surface area contributed by atoms with Crippen LogP contribution in [0.5, 0.6) is 0 Å². The number of nitrogens with zero attached hydrogens (tertiary/aromatic N) is 2. The zero-order chi connectivity index (χ0) is 13.9. The second-order valence-corrected chi connectivity index (χ2v) is 5.14. The maximum atomic E-state index is 10.6. The van der Waals surface area contributed by atoms with Crippen LogP contribution in [0.15, 0.2) is 16.7 Å². The maximum absolute atomic E-state index is 10.6. The molecule has 1 aliphatic heterocycles. The lowest BCUT2D eigenvalue weighted by atomic mass is 10.2. The van der Waals surface area contributed by atoms with Crippen LogP contribution in [0.2, 0.25) is 0 Å². The van der Waals surface area contributed by atoms with Gasteiger partial charge in [0.2, 0.25) is 0 Å². The van der Waals surface area contributed by atoms with Crippen molar-refractivity contribution in [3.05, 3.63) is 26.9 Å². The lowest BCUT2D eigenvalue weighted by Crippen LogP contribution is -2.28. The minimum Gasteiger partial charge on any atom is -0.369 e. The molecule has 2 rings (SSSR count). The summed E-state index contributed by atoms with van der Waals surface area (Å²) in [5.41, 5.74) is -0.0492. The zero-order valence-corrected chi connectivity index (χ0v) is 12.0. The highest BCUT2D eigenvalue weighted by Crippen LogP contribution is 2.26. The number of anilines is 1. The number of hydrogen-bond acceptors (Lipinski definition) is 6. The second kappa shape index (κ2) is 5.81. The van der Waals surface area contributed by atoms with Crippen molar-refractivity contribution >= 4 is 27.4 Å². The maximum Gasteiger partial charge on any atom is 0.288 e. The fourth-order valence-electron chi connectivity index (χ4n) is 1.77. The molecule has 8 heteroatoms. The van der Waals surface area contributed by atoms with Crippen LogP contribution in [0.3, 0.4) is 0 Å². The predicted octanol–water partition coefficient (Wildman–Crippen LogP) is 2.32. The van der Waals surface area contributed by atoms with Gasteiger partial charge in [0.15, 0.2) is 5.79 Å². The number of halogens is 1. The molecule has 0 amide bonds. The molecule has 0 unspecified atom stereocenters. The highest BCUT2D eigenvalue weighted by Gasteiger charge is 2.30. The van der Waals surface area contributed by atoms with Gasteiger partial charge in [-0.25, -0.2) is 4.98 Å². The molecule has 0 spiro atoms. The summed E-state index contributed by atoms with van der Waals surface area (Å²) < 4.78 is 11.5. The Morgan fingerprint density at radius 3 is 2.84 bits per heavy atom. The molecule has 1 N–H and O–H groups in total. The molecule has 2 heterocycles. The summed E-state index contributed by atoms with van der Waals surface area (Å²) in [6.07, 6.45) is 1.88. The lowest BCUT2D eigenvalue weighted by molar-refractivity contribution is -0.385. The van der Waals surface area contributed by atoms with E-state index in [1.54, 1.807) is 0 Å². The average molecular weight is 332 g/mol. The summed E-state index contributed by atoms with van der Waals surface area (Å²) in [5, 5.41) is 13.7. The van der Waals surface area contributed by atoms with Gasteiger partial charge in [0.1, 0.15) is 12.0 Å². The molecule has 1 fully saturated rings. The van der Waals surface area contributed by atoms with Crippen molar-refractivity contribution in [2.24, 2.45) is 0 Å². The Balaban J connectivity index is 1.91. The minimum absolute atomic E-state index is 0.0492. The van der Waals surface area contributed by atoms with Gasteiger partial charge in [-0.05, 0) is 22.9 Å². The SMILES string of the molecule is CC1(CCNc2ncc([N+](=O)[O-])cc2Br)OCCO1. The van der Waals surface area contributed by atoms with Crippen LogP contribution in [0.25, 0.3) is 0 Å². The normalized spacial score (nSPS) is 17.4. The van der Waals surface area contributed by atoms with Gasteiger partial charge in [-0.1, -0.05) is 0 Å². The fraction of sp³-hybridized carbons (Fsp3) is 0.545. The summed E-state index contributed by atoms with van der Waals surface area (Å²) >= 11 is 3.25. The zero-order valence-electron chi connectivity index (χ0n) is 10.4. The third-order valence-corrected chi connectivity index (χ3v) is 3.41. The molecule has 0 aromatic carbocycles. The number of rotatable bonds is 5. The highest BCUT2D eigenvalue weighted by molar-refractivity contribution is 9.10. The van der Waals surface area contributed by atoms with E-state index in [1.807, 2.05) is 6.92 Å². The van der Waals surface area contributed by atoms with Crippen molar-refractivity contribution in [2.75, 3.05) is 25.1 Å². The molecule has 1 aliphatic rings. The summed E-state index contributed by atoms with van der Waals surface area (Å²) in [4.78, 5) is 14.1. The van der Waals surface area contributed by atoms with Crippen LogP contribution in [0, 0.1) is 10.1 Å². The molecular formula is C11H14BrN3O4. The largest absolute Gasteiger partial charge is 0.369 e. The Bertz CT molecular complexity index is 477. The molecule has 0 bridgehead atoms. The molecule has 0 atom stereocenters. The number of nitro groups is 1. The van der Waals surface area contributed by atoms with Gasteiger partial charge in [-0.3, -0.25) is 10.1 Å². The first kappa shape index (κ1) is 14.2. The van der Waals surface area contributed by atoms with Gasteiger partial charge < -0.3 is 14.8 Å². The van der Waals surface area contributed by atoms with Gasteiger partial charge in [-0.2, -0.15) is 0 Å². The molecule has 104 valence electrons. The van der Waals surface area contributed by atoms with Crippen molar-refractivity contribution in [3.63, 3.8) is 0 Å². The predicted molar refractivity (Wildman–Crippen MR) is 72.0 cm³/mol. The van der Waals surface area contributed by atoms with E-state index in [9.17, 15) is 10.1 Å². The molecule has 7 nitrogen and oxygen atoms in total. The molecule has 19 heavy (non-hydrogen) atoms. The third-order valence-electron chi connectivity index (χ3n) is 2.81. The van der Waals surface area contributed by atoms with Gasteiger partial charge in [0.25, 0.3) is 5.69 Å². The average Bonchev–Trinajstić information content (AvgIpc) is 2.78. The number of nitrogens with one attached hydrogen (secondary N) is 1. The Labute approximate surface area is 118 Å². The molecular weight excluding hydrogens is 318 g/mol. The third kappa shape index (κ3) is 3.62. The van der Waals surface area contributed by atoms with Crippen LogP contribution in [0.4, 0.5) is 11.5 Å². The van der Waals surface area contributed by atoms with Crippen LogP contribution < -0.4 is 5.32 Å². The molecule has 1 aromatic heterocycles. The van der Waals surface area contributed by atoms with Crippen LogP contribution in [-0.2, 0) is 9.47 Å². The molecule has 0 saturated carbocycles. The van der Waals surface area contributed by atoms with Crippen LogP contribution in [-0.4, -0.2) is 35.5 Å². The van der Waals surface area contributed by atoms with E-state index in [4.69, 9.17) is 9.47 Å². The molecule has 1 saturated heterocycles. The monoisotopic (exact) mass is 331 g/mol. The smallest absolute Gasteiger partial charge is 0.288 e. The molecule has 1 aromatic rings. The van der Waals surface area contributed by atoms with E-state index in [-0.39, 0.29) is 5.69 Å². The second-order valence-electron chi connectivity index (χ2n) is 4.29. The fourth-order valence-corrected chi connectivity index (χ4v) is 2.24. The topological polar surface area (TPSA) is 86.5 Å². The van der Waals surface area contributed by atoms with Crippen LogP contribution in [0.1, 0.15) is 13.3 Å². The lowest BCUT2D eigenvalue weighted by Gasteiger charge is -2.22. The minimum atomic E-state index is -0.555. The first-order valence-corrected chi connectivity index (χ1v) is 6.61. The Hall–Kier alpha value is -1.25. The number of hydrogen-bond donors (Lipinski definition) is 1. The Morgan fingerprint density at radius 2 is 2.26 bits per heavy atom. The van der Waals surface area contributed by atoms with Crippen molar-refractivity contribution < 1.29 is 14.4 Å². The van der Waals surface area contributed by atoms with Gasteiger partial charge in [-0.15, -0.1) is 0 Å². The quantitative estimate of drug-likeness (QED) is 0.658. The van der Waals surface area contributed by atoms with E-state index in [2.05, 4.69) is 26.2 Å². The first-order valence-electron chi connectivity index (χ1n) is 5.82. The van der Waals surface area contributed by atoms with Crippen LogP contribution >= 0.6 is 15.9 Å². The first-order chi connectivity index (χ1) is 9.00. The molecule has 0 radical (unpaired) electrons. The van der Waals surface area contributed by atoms with Crippen molar-refractivity contribution in [2.45, 2.75) is 19.1 Å². The summed E-state index contributed by atoms with van der Waals surface area (Å²) in [6, 6.07) is 1.42. The van der Waals surface area contributed by atoms with Gasteiger partial charge in [0.05, 0.1) is 22.6 Å². The number of ether oxygens (including phenoxy) is 2. The Kier molecular flexibility index (Phi) is 4.33. The van der Waals surface area contributed by atoms with E-state index < -0.39 is 10.7 Å². The van der Waals surface area contributed by atoms with E-state index in [0.29, 0.717) is 36.5 Å². The molecule has 0 aliphatic carbocycles. The number of aromatic nitrogens is 1. The summed E-state index contributed by atoms with van der Waals surface area (Å²) in [6.45, 7) is 3.70. The van der Waals surface area contributed by atoms with Crippen molar-refractivity contribution in [1.82, 2.24) is 4.98 Å². The summed E-state index contributed by atoms with van der Waals surface area (Å²) in [5.74, 6) is 0.00692. The number of pyridine rings is 1. The van der Waals surface area contributed by atoms with Gasteiger partial charge in [0, 0.05) is 19.0 Å². The van der Waals surface area contributed by atoms with Crippen molar-refractivity contribution in [3.8, 4) is 0 Å². The highest BCUT2D eigenvalue weighted by atomic mass is 79.9. The van der Waals surface area contributed by atoms with E-state index >= 15 is 0 Å². The van der Waals surface area contributed by atoms with Gasteiger partial charge >= 0.3 is 0 Å². The van der Waals surface area contributed by atoms with E-state index in [1.165, 1.54) is 12.3 Å². The Morgan fingerprint density at radius 1 is 1.58 bits per heavy atom. The van der Waals surface area contributed by atoms with E-state index in [0.717, 1.165) is 0 Å². The van der Waals surface area contributed by atoms with Crippen molar-refractivity contribution in [1.29, 1.82) is 0 Å². The standard InChI is InChI=1S/C11H14BrN3O4/c1-11(18-4-5-19-11)2-3-13-10-9(12)6-8(7-14-10)15(16)17/h6-7H,2-5H2,1H3,(H,13,14). The summed E-state index contributed by atoms with van der Waals surface area (Å²) in [7, 11) is 0.